The van der Waals surface area contributed by atoms with Gasteiger partial charge < -0.3 is 9.31 Å². The minimum Gasteiger partial charge on any atom is -0.399 e. The molecule has 1 fully saturated rings. The van der Waals surface area contributed by atoms with E-state index in [4.69, 9.17) is 9.31 Å². The van der Waals surface area contributed by atoms with Gasteiger partial charge in [0, 0.05) is 0 Å². The minimum absolute atomic E-state index is 0.239. The van der Waals surface area contributed by atoms with Crippen molar-refractivity contribution in [3.63, 3.8) is 0 Å². The maximum Gasteiger partial charge on any atom is 0.494 e. The normalized spacial score (nSPS) is 20.9. The molecular weight excluding hydrogens is 280 g/mol. The number of hydrogen-bond acceptors (Lipinski definition) is 2. The molecule has 0 aliphatic carbocycles. The van der Waals surface area contributed by atoms with Crippen LogP contribution in [0.25, 0.3) is 0 Å². The SMILES string of the molecule is Cc1cc(B2OC(C)(C)C(C)(C)O2)cc(C(F)(F)F)c1C. The Kier molecular flexibility index (Phi) is 3.70. The highest BCUT2D eigenvalue weighted by Crippen LogP contribution is 2.37. The lowest BCUT2D eigenvalue weighted by molar-refractivity contribution is -0.138. The molecule has 0 saturated carbocycles. The smallest absolute Gasteiger partial charge is 0.399 e. The Labute approximate surface area is 123 Å². The maximum atomic E-state index is 13.1. The van der Waals surface area contributed by atoms with Gasteiger partial charge >= 0.3 is 13.3 Å². The second kappa shape index (κ2) is 4.75. The van der Waals surface area contributed by atoms with Crippen LogP contribution < -0.4 is 5.46 Å². The van der Waals surface area contributed by atoms with Crippen molar-refractivity contribution < 1.29 is 22.5 Å². The lowest BCUT2D eigenvalue weighted by atomic mass is 9.76. The van der Waals surface area contributed by atoms with E-state index in [0.717, 1.165) is 6.07 Å². The van der Waals surface area contributed by atoms with Gasteiger partial charge in [-0.1, -0.05) is 6.07 Å². The molecule has 0 N–H and O–H groups in total. The first-order valence-electron chi connectivity index (χ1n) is 6.89. The average molecular weight is 300 g/mol. The van der Waals surface area contributed by atoms with Crippen molar-refractivity contribution in [2.45, 2.75) is 58.9 Å². The minimum atomic E-state index is -4.38. The standard InChI is InChI=1S/C15H20BF3O2/c1-9-7-11(8-12(10(9)2)15(17,18)19)16-20-13(3,4)14(5,6)21-16/h7-8H,1-6H3. The van der Waals surface area contributed by atoms with Crippen molar-refractivity contribution in [2.75, 3.05) is 0 Å². The van der Waals surface area contributed by atoms with Gasteiger partial charge in [0.2, 0.25) is 0 Å². The molecule has 116 valence electrons. The van der Waals surface area contributed by atoms with Gasteiger partial charge in [0.15, 0.2) is 0 Å². The first-order valence-corrected chi connectivity index (χ1v) is 6.89. The van der Waals surface area contributed by atoms with Crippen molar-refractivity contribution in [2.24, 2.45) is 0 Å². The Bertz CT molecular complexity index is 549. The molecule has 0 bridgehead atoms. The van der Waals surface area contributed by atoms with Crippen LogP contribution in [0.1, 0.15) is 44.4 Å². The molecule has 0 atom stereocenters. The Balaban J connectivity index is 2.46. The molecule has 1 aliphatic heterocycles. The fraction of sp³-hybridized carbons (Fsp3) is 0.600. The molecule has 1 aromatic carbocycles. The molecule has 0 aromatic heterocycles. The zero-order valence-corrected chi connectivity index (χ0v) is 13.2. The molecule has 6 heteroatoms. The Morgan fingerprint density at radius 2 is 1.43 bits per heavy atom. The van der Waals surface area contributed by atoms with Crippen LogP contribution in [0.2, 0.25) is 0 Å². The summed E-state index contributed by atoms with van der Waals surface area (Å²) in [6, 6.07) is 2.83. The molecule has 0 spiro atoms. The summed E-state index contributed by atoms with van der Waals surface area (Å²) < 4.78 is 51.0. The monoisotopic (exact) mass is 300 g/mol. The van der Waals surface area contributed by atoms with E-state index in [9.17, 15) is 13.2 Å². The van der Waals surface area contributed by atoms with Crippen LogP contribution in [-0.2, 0) is 15.5 Å². The third-order valence-electron chi connectivity index (χ3n) is 4.52. The van der Waals surface area contributed by atoms with Gasteiger partial charge in [-0.05, 0) is 64.2 Å². The fourth-order valence-electron chi connectivity index (χ4n) is 2.30. The van der Waals surface area contributed by atoms with Crippen LogP contribution in [0.5, 0.6) is 0 Å². The Hall–Kier alpha value is -1.01. The number of hydrogen-bond donors (Lipinski definition) is 0. The predicted octanol–water partition coefficient (Wildman–Crippen LogP) is 3.62. The Morgan fingerprint density at radius 1 is 0.952 bits per heavy atom. The molecule has 2 nitrogen and oxygen atoms in total. The van der Waals surface area contributed by atoms with Crippen LogP contribution in [0.4, 0.5) is 13.2 Å². The molecular formula is C15H20BF3O2. The molecule has 0 amide bonds. The summed E-state index contributed by atoms with van der Waals surface area (Å²) in [5.41, 5.74) is -0.558. The summed E-state index contributed by atoms with van der Waals surface area (Å²) in [4.78, 5) is 0. The number of alkyl halides is 3. The highest BCUT2D eigenvalue weighted by atomic mass is 19.4. The summed E-state index contributed by atoms with van der Waals surface area (Å²) in [7, 11) is -0.782. The van der Waals surface area contributed by atoms with E-state index >= 15 is 0 Å². The van der Waals surface area contributed by atoms with Crippen LogP contribution in [-0.4, -0.2) is 18.3 Å². The summed E-state index contributed by atoms with van der Waals surface area (Å²) in [6.07, 6.45) is -4.38. The van der Waals surface area contributed by atoms with Crippen molar-refractivity contribution in [3.8, 4) is 0 Å². The number of rotatable bonds is 1. The lowest BCUT2D eigenvalue weighted by Crippen LogP contribution is -2.41. The van der Waals surface area contributed by atoms with E-state index < -0.39 is 30.1 Å². The van der Waals surface area contributed by atoms with E-state index in [-0.39, 0.29) is 5.56 Å². The van der Waals surface area contributed by atoms with Crippen LogP contribution in [0, 0.1) is 13.8 Å². The van der Waals surface area contributed by atoms with Gasteiger partial charge in [-0.25, -0.2) is 0 Å². The van der Waals surface area contributed by atoms with E-state index in [1.54, 1.807) is 13.0 Å². The fourth-order valence-corrected chi connectivity index (χ4v) is 2.30. The van der Waals surface area contributed by atoms with Crippen molar-refractivity contribution in [1.29, 1.82) is 0 Å². The molecule has 1 aliphatic rings. The zero-order chi connectivity index (χ0) is 16.2. The van der Waals surface area contributed by atoms with Crippen molar-refractivity contribution in [1.82, 2.24) is 0 Å². The van der Waals surface area contributed by atoms with Gasteiger partial charge in [-0.2, -0.15) is 13.2 Å². The Morgan fingerprint density at radius 3 is 1.86 bits per heavy atom. The van der Waals surface area contributed by atoms with Gasteiger partial charge in [-0.15, -0.1) is 0 Å². The quantitative estimate of drug-likeness (QED) is 0.738. The second-order valence-corrected chi connectivity index (χ2v) is 6.60. The van der Waals surface area contributed by atoms with Gasteiger partial charge in [0.25, 0.3) is 0 Å². The highest BCUT2D eigenvalue weighted by molar-refractivity contribution is 6.62. The van der Waals surface area contributed by atoms with E-state index in [1.807, 2.05) is 27.7 Å². The average Bonchev–Trinajstić information content (AvgIpc) is 2.50. The first-order chi connectivity index (χ1) is 9.35. The molecule has 2 rings (SSSR count). The third-order valence-corrected chi connectivity index (χ3v) is 4.52. The van der Waals surface area contributed by atoms with E-state index in [2.05, 4.69) is 0 Å². The predicted molar refractivity (Wildman–Crippen MR) is 76.6 cm³/mol. The van der Waals surface area contributed by atoms with Crippen LogP contribution >= 0.6 is 0 Å². The largest absolute Gasteiger partial charge is 0.494 e. The highest BCUT2D eigenvalue weighted by Gasteiger charge is 2.52. The molecule has 21 heavy (non-hydrogen) atoms. The number of halogens is 3. The summed E-state index contributed by atoms with van der Waals surface area (Å²) in [5.74, 6) is 0. The summed E-state index contributed by atoms with van der Waals surface area (Å²) in [5, 5.41) is 0. The van der Waals surface area contributed by atoms with Gasteiger partial charge in [0.05, 0.1) is 16.8 Å². The number of aryl methyl sites for hydroxylation is 1. The summed E-state index contributed by atoms with van der Waals surface area (Å²) >= 11 is 0. The zero-order valence-electron chi connectivity index (χ0n) is 13.2. The summed E-state index contributed by atoms with van der Waals surface area (Å²) in [6.45, 7) is 10.6. The van der Waals surface area contributed by atoms with Crippen LogP contribution in [0.15, 0.2) is 12.1 Å². The van der Waals surface area contributed by atoms with E-state index in [1.165, 1.54) is 6.92 Å². The maximum absolute atomic E-state index is 13.1. The van der Waals surface area contributed by atoms with Crippen LogP contribution in [0.3, 0.4) is 0 Å². The second-order valence-electron chi connectivity index (χ2n) is 6.60. The van der Waals surface area contributed by atoms with Crippen molar-refractivity contribution in [3.05, 3.63) is 28.8 Å². The molecule has 0 radical (unpaired) electrons. The first kappa shape index (κ1) is 16.4. The topological polar surface area (TPSA) is 18.5 Å². The molecule has 1 aromatic rings. The molecule has 1 heterocycles. The van der Waals surface area contributed by atoms with E-state index in [0.29, 0.717) is 11.0 Å². The van der Waals surface area contributed by atoms with Gasteiger partial charge in [0.1, 0.15) is 0 Å². The number of benzene rings is 1. The lowest BCUT2D eigenvalue weighted by Gasteiger charge is -2.32. The van der Waals surface area contributed by atoms with Crippen molar-refractivity contribution >= 4 is 12.6 Å². The molecule has 1 saturated heterocycles. The molecule has 0 unspecified atom stereocenters. The third kappa shape index (κ3) is 2.83. The van der Waals surface area contributed by atoms with Gasteiger partial charge in [-0.3, -0.25) is 0 Å².